The van der Waals surface area contributed by atoms with Crippen LogP contribution in [0.5, 0.6) is 0 Å². The summed E-state index contributed by atoms with van der Waals surface area (Å²) in [5.41, 5.74) is 0.937. The summed E-state index contributed by atoms with van der Waals surface area (Å²) in [6.45, 7) is 2.15. The normalized spacial score (nSPS) is 12.8. The van der Waals surface area contributed by atoms with E-state index in [1.165, 1.54) is 0 Å². The first-order valence-electron chi connectivity index (χ1n) is 5.91. The van der Waals surface area contributed by atoms with Crippen LogP contribution in [0.3, 0.4) is 0 Å². The molecule has 0 amide bonds. The molecule has 2 aromatic rings. The van der Waals surface area contributed by atoms with Crippen LogP contribution in [0.4, 0.5) is 0 Å². The highest BCUT2D eigenvalue weighted by molar-refractivity contribution is 7.99. The summed E-state index contributed by atoms with van der Waals surface area (Å²) >= 11 is 1.79. The topological polar surface area (TPSA) is 33.1 Å². The Kier molecular flexibility index (Phi) is 4.40. The zero-order valence-electron chi connectivity index (χ0n) is 9.97. The van der Waals surface area contributed by atoms with E-state index in [4.69, 9.17) is 0 Å². The molecule has 1 unspecified atom stereocenters. The van der Waals surface area contributed by atoms with Gasteiger partial charge in [-0.05, 0) is 17.6 Å². The van der Waals surface area contributed by atoms with Crippen molar-refractivity contribution in [2.45, 2.75) is 19.4 Å². The van der Waals surface area contributed by atoms with Gasteiger partial charge in [-0.25, -0.2) is 0 Å². The van der Waals surface area contributed by atoms with E-state index in [2.05, 4.69) is 11.9 Å². The molecule has 0 radical (unpaired) electrons. The fourth-order valence-corrected chi connectivity index (χ4v) is 2.69. The third-order valence-electron chi connectivity index (χ3n) is 2.68. The molecular weight excluding hydrogens is 230 g/mol. The maximum absolute atomic E-state index is 10.2. The molecule has 1 atom stereocenters. The second-order valence-electron chi connectivity index (χ2n) is 4.04. The van der Waals surface area contributed by atoms with E-state index in [0.717, 1.165) is 34.3 Å². The Balaban J connectivity index is 2.22. The Labute approximate surface area is 106 Å². The molecule has 1 N–H and O–H groups in total. The zero-order chi connectivity index (χ0) is 12.1. The van der Waals surface area contributed by atoms with E-state index in [-0.39, 0.29) is 0 Å². The van der Waals surface area contributed by atoms with Crippen LogP contribution in [0.15, 0.2) is 36.7 Å². The van der Waals surface area contributed by atoms with E-state index >= 15 is 0 Å². The van der Waals surface area contributed by atoms with Crippen molar-refractivity contribution in [3.8, 4) is 0 Å². The van der Waals surface area contributed by atoms with Crippen LogP contribution in [-0.2, 0) is 0 Å². The fraction of sp³-hybridized carbons (Fsp3) is 0.357. The van der Waals surface area contributed by atoms with Crippen LogP contribution in [0.2, 0.25) is 0 Å². The van der Waals surface area contributed by atoms with E-state index in [1.807, 2.05) is 30.5 Å². The lowest BCUT2D eigenvalue weighted by molar-refractivity contribution is 0.205. The number of fused-ring (bicyclic) bond motifs is 1. The number of aliphatic hydroxyl groups excluding tert-OH is 1. The quantitative estimate of drug-likeness (QED) is 0.822. The molecule has 3 heteroatoms. The number of nitrogens with zero attached hydrogens (tertiary/aromatic N) is 1. The van der Waals surface area contributed by atoms with Gasteiger partial charge >= 0.3 is 0 Å². The van der Waals surface area contributed by atoms with Gasteiger partial charge in [0.1, 0.15) is 0 Å². The summed E-state index contributed by atoms with van der Waals surface area (Å²) in [7, 11) is 0. The maximum atomic E-state index is 10.2. The molecule has 90 valence electrons. The second kappa shape index (κ2) is 6.03. The summed E-state index contributed by atoms with van der Waals surface area (Å²) in [6, 6.07) is 8.06. The van der Waals surface area contributed by atoms with Crippen LogP contribution < -0.4 is 0 Å². The van der Waals surface area contributed by atoms with Gasteiger partial charge in [0.15, 0.2) is 0 Å². The highest BCUT2D eigenvalue weighted by Crippen LogP contribution is 2.25. The lowest BCUT2D eigenvalue weighted by Gasteiger charge is -2.12. The Morgan fingerprint density at radius 3 is 2.94 bits per heavy atom. The average Bonchev–Trinajstić information content (AvgIpc) is 2.38. The van der Waals surface area contributed by atoms with Crippen molar-refractivity contribution in [1.82, 2.24) is 4.98 Å². The molecule has 0 aliphatic rings. The molecule has 1 heterocycles. The smallest absolute Gasteiger partial charge is 0.0901 e. The molecule has 0 saturated heterocycles. The number of hydrogen-bond acceptors (Lipinski definition) is 3. The van der Waals surface area contributed by atoms with Gasteiger partial charge < -0.3 is 5.11 Å². The summed E-state index contributed by atoms with van der Waals surface area (Å²) in [5.74, 6) is 1.83. The monoisotopic (exact) mass is 247 g/mol. The van der Waals surface area contributed by atoms with E-state index in [1.54, 1.807) is 18.0 Å². The van der Waals surface area contributed by atoms with Crippen LogP contribution in [0, 0.1) is 0 Å². The van der Waals surface area contributed by atoms with Crippen LogP contribution >= 0.6 is 11.8 Å². The van der Waals surface area contributed by atoms with Crippen molar-refractivity contribution < 1.29 is 5.11 Å². The van der Waals surface area contributed by atoms with Crippen molar-refractivity contribution >= 4 is 22.5 Å². The number of rotatable bonds is 5. The minimum atomic E-state index is -0.426. The van der Waals surface area contributed by atoms with Crippen molar-refractivity contribution in [3.05, 3.63) is 42.2 Å². The summed E-state index contributed by atoms with van der Waals surface area (Å²) in [6.07, 6.45) is 4.33. The van der Waals surface area contributed by atoms with Gasteiger partial charge in [-0.3, -0.25) is 4.98 Å². The van der Waals surface area contributed by atoms with Gasteiger partial charge in [-0.2, -0.15) is 11.8 Å². The zero-order valence-corrected chi connectivity index (χ0v) is 10.8. The number of pyridine rings is 1. The van der Waals surface area contributed by atoms with Gasteiger partial charge in [0, 0.05) is 29.1 Å². The number of thioether (sulfide) groups is 1. The van der Waals surface area contributed by atoms with Crippen molar-refractivity contribution in [2.24, 2.45) is 0 Å². The number of hydrogen-bond donors (Lipinski definition) is 1. The predicted molar refractivity (Wildman–Crippen MR) is 74.3 cm³/mol. The molecule has 17 heavy (non-hydrogen) atoms. The van der Waals surface area contributed by atoms with Gasteiger partial charge in [0.2, 0.25) is 0 Å². The Morgan fingerprint density at radius 2 is 2.12 bits per heavy atom. The first-order valence-corrected chi connectivity index (χ1v) is 7.07. The summed E-state index contributed by atoms with van der Waals surface area (Å²) in [4.78, 5) is 4.19. The van der Waals surface area contributed by atoms with Crippen LogP contribution in [0.1, 0.15) is 25.0 Å². The molecule has 0 aliphatic heterocycles. The summed E-state index contributed by atoms with van der Waals surface area (Å²) < 4.78 is 0. The first-order chi connectivity index (χ1) is 8.33. The molecular formula is C14H17NOS. The molecule has 2 nitrogen and oxygen atoms in total. The van der Waals surface area contributed by atoms with E-state index < -0.39 is 6.10 Å². The molecule has 0 bridgehead atoms. The third-order valence-corrected chi connectivity index (χ3v) is 3.93. The minimum absolute atomic E-state index is 0.426. The lowest BCUT2D eigenvalue weighted by atomic mass is 10.0. The highest BCUT2D eigenvalue weighted by atomic mass is 32.2. The molecule has 2 rings (SSSR count). The number of benzene rings is 1. The average molecular weight is 247 g/mol. The van der Waals surface area contributed by atoms with Crippen molar-refractivity contribution in [3.63, 3.8) is 0 Å². The fourth-order valence-electron chi connectivity index (χ4n) is 1.83. The summed E-state index contributed by atoms with van der Waals surface area (Å²) in [5, 5.41) is 12.4. The van der Waals surface area contributed by atoms with Crippen molar-refractivity contribution in [2.75, 3.05) is 11.5 Å². The number of aromatic nitrogens is 1. The second-order valence-corrected chi connectivity index (χ2v) is 5.19. The molecule has 1 aromatic carbocycles. The molecule has 1 aromatic heterocycles. The molecule has 0 fully saturated rings. The minimum Gasteiger partial charge on any atom is -0.387 e. The van der Waals surface area contributed by atoms with Crippen LogP contribution in [-0.4, -0.2) is 21.6 Å². The third kappa shape index (κ3) is 2.99. The molecule has 0 spiro atoms. The van der Waals surface area contributed by atoms with Crippen LogP contribution in [0.25, 0.3) is 10.8 Å². The van der Waals surface area contributed by atoms with E-state index in [0.29, 0.717) is 0 Å². The Bertz CT molecular complexity index is 481. The largest absolute Gasteiger partial charge is 0.387 e. The maximum Gasteiger partial charge on any atom is 0.0901 e. The SMILES string of the molecule is CCCSCC(O)c1cncc2ccccc12. The Hall–Kier alpha value is -1.06. The molecule has 0 aliphatic carbocycles. The van der Waals surface area contributed by atoms with Gasteiger partial charge in [-0.15, -0.1) is 0 Å². The lowest BCUT2D eigenvalue weighted by Crippen LogP contribution is -2.02. The van der Waals surface area contributed by atoms with Crippen molar-refractivity contribution in [1.29, 1.82) is 0 Å². The Morgan fingerprint density at radius 1 is 1.29 bits per heavy atom. The molecule has 0 saturated carbocycles. The van der Waals surface area contributed by atoms with Gasteiger partial charge in [0.25, 0.3) is 0 Å². The standard InChI is InChI=1S/C14H17NOS/c1-2-7-17-10-14(16)13-9-15-8-11-5-3-4-6-12(11)13/h3-6,8-9,14,16H,2,7,10H2,1H3. The van der Waals surface area contributed by atoms with Gasteiger partial charge in [0.05, 0.1) is 6.10 Å². The predicted octanol–water partition coefficient (Wildman–Crippen LogP) is 3.41. The number of aliphatic hydroxyl groups is 1. The highest BCUT2D eigenvalue weighted by Gasteiger charge is 2.11. The van der Waals surface area contributed by atoms with Gasteiger partial charge in [-0.1, -0.05) is 31.2 Å². The first kappa shape index (κ1) is 12.4. The van der Waals surface area contributed by atoms with E-state index in [9.17, 15) is 5.11 Å².